The number of amides is 1. The molecular formula is C19H23NO4. The van der Waals surface area contributed by atoms with Crippen molar-refractivity contribution in [1.82, 2.24) is 4.90 Å². The Morgan fingerprint density at radius 1 is 1.17 bits per heavy atom. The van der Waals surface area contributed by atoms with Crippen LogP contribution < -0.4 is 0 Å². The van der Waals surface area contributed by atoms with Crippen LogP contribution >= 0.6 is 0 Å². The van der Waals surface area contributed by atoms with Crippen LogP contribution in [0, 0.1) is 6.92 Å². The van der Waals surface area contributed by atoms with E-state index in [-0.39, 0.29) is 0 Å². The summed E-state index contributed by atoms with van der Waals surface area (Å²) in [5, 5.41) is 0. The molecule has 0 saturated heterocycles. The molecule has 0 spiro atoms. The van der Waals surface area contributed by atoms with Crippen LogP contribution in [-0.2, 0) is 9.53 Å². The summed E-state index contributed by atoms with van der Waals surface area (Å²) in [5.41, 5.74) is 1.44. The van der Waals surface area contributed by atoms with Gasteiger partial charge in [0.25, 0.3) is 0 Å². The second-order valence-corrected chi connectivity index (χ2v) is 6.74. The smallest absolute Gasteiger partial charge is 0.411 e. The third kappa shape index (κ3) is 4.25. The number of carbonyl (C=O) groups excluding carboxylic acids is 2. The number of nitrogens with zero attached hydrogens (tertiary/aromatic N) is 1. The molecule has 5 heteroatoms. The highest BCUT2D eigenvalue weighted by Crippen LogP contribution is 2.28. The summed E-state index contributed by atoms with van der Waals surface area (Å²) in [6.45, 7) is 7.33. The molecule has 0 bridgehead atoms. The lowest BCUT2D eigenvalue weighted by molar-refractivity contribution is -0.112. The number of ether oxygens (including phenoxy) is 1. The van der Waals surface area contributed by atoms with Gasteiger partial charge in [-0.3, -0.25) is 4.90 Å². The Kier molecular flexibility index (Phi) is 5.12. The molecule has 1 unspecified atom stereocenters. The van der Waals surface area contributed by atoms with Crippen LogP contribution in [0.15, 0.2) is 40.8 Å². The van der Waals surface area contributed by atoms with Crippen molar-refractivity contribution in [2.24, 2.45) is 0 Å². The molecule has 1 heterocycles. The maximum Gasteiger partial charge on any atom is 0.411 e. The molecule has 24 heavy (non-hydrogen) atoms. The zero-order valence-electron chi connectivity index (χ0n) is 14.7. The highest BCUT2D eigenvalue weighted by molar-refractivity contribution is 5.74. The van der Waals surface area contributed by atoms with Crippen molar-refractivity contribution in [2.45, 2.75) is 39.3 Å². The van der Waals surface area contributed by atoms with E-state index in [2.05, 4.69) is 0 Å². The van der Waals surface area contributed by atoms with E-state index < -0.39 is 17.7 Å². The predicted octanol–water partition coefficient (Wildman–Crippen LogP) is 4.36. The summed E-state index contributed by atoms with van der Waals surface area (Å²) in [5.74, 6) is 1.04. The number of likely N-dealkylation sites (N-methyl/N-ethyl adjacent to an activating group) is 1. The van der Waals surface area contributed by atoms with Crippen molar-refractivity contribution in [3.63, 3.8) is 0 Å². The lowest BCUT2D eigenvalue weighted by Crippen LogP contribution is -2.37. The first-order valence-corrected chi connectivity index (χ1v) is 7.79. The van der Waals surface area contributed by atoms with Gasteiger partial charge in [-0.1, -0.05) is 29.8 Å². The SMILES string of the molecule is Cc1ccc(-c2ccc(C(C=O)N(C)C(=O)OC(C)(C)C)o2)cc1. The van der Waals surface area contributed by atoms with Gasteiger partial charge in [-0.05, 0) is 39.8 Å². The normalized spacial score (nSPS) is 12.5. The Morgan fingerprint density at radius 3 is 2.33 bits per heavy atom. The fourth-order valence-electron chi connectivity index (χ4n) is 2.18. The molecule has 0 N–H and O–H groups in total. The Hall–Kier alpha value is -2.56. The Morgan fingerprint density at radius 2 is 1.79 bits per heavy atom. The van der Waals surface area contributed by atoms with Crippen LogP contribution in [0.1, 0.15) is 38.1 Å². The summed E-state index contributed by atoms with van der Waals surface area (Å²) >= 11 is 0. The summed E-state index contributed by atoms with van der Waals surface area (Å²) in [6.07, 6.45) is 0.0923. The van der Waals surface area contributed by atoms with Gasteiger partial charge in [-0.2, -0.15) is 0 Å². The highest BCUT2D eigenvalue weighted by Gasteiger charge is 2.28. The van der Waals surface area contributed by atoms with Gasteiger partial charge >= 0.3 is 6.09 Å². The van der Waals surface area contributed by atoms with E-state index in [0.717, 1.165) is 11.1 Å². The number of aryl methyl sites for hydroxylation is 1. The molecular weight excluding hydrogens is 306 g/mol. The van der Waals surface area contributed by atoms with Gasteiger partial charge in [-0.15, -0.1) is 0 Å². The summed E-state index contributed by atoms with van der Waals surface area (Å²) in [6, 6.07) is 10.5. The van der Waals surface area contributed by atoms with Gasteiger partial charge in [0.1, 0.15) is 29.4 Å². The second kappa shape index (κ2) is 6.91. The molecule has 1 amide bonds. The van der Waals surface area contributed by atoms with Crippen molar-refractivity contribution >= 4 is 12.4 Å². The van der Waals surface area contributed by atoms with Gasteiger partial charge in [0.15, 0.2) is 0 Å². The molecule has 1 aromatic heterocycles. The first-order chi connectivity index (χ1) is 11.2. The van der Waals surface area contributed by atoms with Crippen LogP contribution in [0.4, 0.5) is 4.79 Å². The van der Waals surface area contributed by atoms with Gasteiger partial charge in [-0.25, -0.2) is 4.79 Å². The van der Waals surface area contributed by atoms with E-state index >= 15 is 0 Å². The molecule has 0 aliphatic carbocycles. The minimum Gasteiger partial charge on any atom is -0.458 e. The Labute approximate surface area is 142 Å². The molecule has 0 fully saturated rings. The number of benzene rings is 1. The van der Waals surface area contributed by atoms with E-state index in [1.165, 1.54) is 11.9 Å². The summed E-state index contributed by atoms with van der Waals surface area (Å²) in [7, 11) is 1.52. The molecule has 2 rings (SSSR count). The number of carbonyl (C=O) groups is 2. The zero-order valence-corrected chi connectivity index (χ0v) is 14.7. The summed E-state index contributed by atoms with van der Waals surface area (Å²) < 4.78 is 11.1. The minimum absolute atomic E-state index is 0.397. The van der Waals surface area contributed by atoms with E-state index in [1.54, 1.807) is 32.9 Å². The average Bonchev–Trinajstić information content (AvgIpc) is 2.96. The van der Waals surface area contributed by atoms with Crippen molar-refractivity contribution in [3.05, 3.63) is 47.7 Å². The van der Waals surface area contributed by atoms with E-state index in [4.69, 9.17) is 9.15 Å². The number of aldehydes is 1. The standard InChI is InChI=1S/C19H23NO4/c1-13-6-8-14(9-7-13)16-10-11-17(23-16)15(12-21)20(5)18(22)24-19(2,3)4/h6-12,15H,1-5H3. The fraction of sp³-hybridized carbons (Fsp3) is 0.368. The molecule has 0 aliphatic heterocycles. The monoisotopic (exact) mass is 329 g/mol. The van der Waals surface area contributed by atoms with Gasteiger partial charge in [0, 0.05) is 12.6 Å². The van der Waals surface area contributed by atoms with E-state index in [9.17, 15) is 9.59 Å². The average molecular weight is 329 g/mol. The molecule has 2 aromatic rings. The molecule has 0 saturated carbocycles. The van der Waals surface area contributed by atoms with Crippen LogP contribution in [0.3, 0.4) is 0 Å². The topological polar surface area (TPSA) is 59.8 Å². The number of furan rings is 1. The molecule has 128 valence electrons. The Bertz CT molecular complexity index is 710. The third-order valence-corrected chi connectivity index (χ3v) is 3.48. The lowest BCUT2D eigenvalue weighted by Gasteiger charge is -2.27. The molecule has 5 nitrogen and oxygen atoms in total. The maximum absolute atomic E-state index is 12.1. The highest BCUT2D eigenvalue weighted by atomic mass is 16.6. The Balaban J connectivity index is 2.21. The van der Waals surface area contributed by atoms with Crippen molar-refractivity contribution in [3.8, 4) is 11.3 Å². The van der Waals surface area contributed by atoms with Crippen LogP contribution in [0.5, 0.6) is 0 Å². The molecule has 1 aromatic carbocycles. The van der Waals surface area contributed by atoms with Crippen molar-refractivity contribution < 1.29 is 18.7 Å². The van der Waals surface area contributed by atoms with Crippen LogP contribution in [0.2, 0.25) is 0 Å². The third-order valence-electron chi connectivity index (χ3n) is 3.48. The van der Waals surface area contributed by atoms with Crippen molar-refractivity contribution in [2.75, 3.05) is 7.05 Å². The second-order valence-electron chi connectivity index (χ2n) is 6.74. The lowest BCUT2D eigenvalue weighted by atomic mass is 10.1. The number of rotatable bonds is 4. The van der Waals surface area contributed by atoms with Crippen LogP contribution in [-0.4, -0.2) is 29.9 Å². The first kappa shape index (κ1) is 17.8. The van der Waals surface area contributed by atoms with Crippen molar-refractivity contribution in [1.29, 1.82) is 0 Å². The molecule has 0 aliphatic rings. The summed E-state index contributed by atoms with van der Waals surface area (Å²) in [4.78, 5) is 24.9. The van der Waals surface area contributed by atoms with Gasteiger partial charge < -0.3 is 13.9 Å². The zero-order chi connectivity index (χ0) is 17.9. The van der Waals surface area contributed by atoms with E-state index in [1.807, 2.05) is 31.2 Å². The first-order valence-electron chi connectivity index (χ1n) is 7.79. The predicted molar refractivity (Wildman–Crippen MR) is 91.7 cm³/mol. The number of hydrogen-bond donors (Lipinski definition) is 0. The quantitative estimate of drug-likeness (QED) is 0.782. The molecule has 1 atom stereocenters. The molecule has 0 radical (unpaired) electrons. The van der Waals surface area contributed by atoms with Gasteiger partial charge in [0.05, 0.1) is 0 Å². The number of hydrogen-bond acceptors (Lipinski definition) is 4. The van der Waals surface area contributed by atoms with Gasteiger partial charge in [0.2, 0.25) is 0 Å². The van der Waals surface area contributed by atoms with E-state index in [0.29, 0.717) is 17.8 Å². The largest absolute Gasteiger partial charge is 0.458 e. The van der Waals surface area contributed by atoms with Crippen LogP contribution in [0.25, 0.3) is 11.3 Å². The maximum atomic E-state index is 12.1. The fourth-order valence-corrected chi connectivity index (χ4v) is 2.18. The minimum atomic E-state index is -0.834.